The molecule has 0 aromatic heterocycles. The second kappa shape index (κ2) is 9.92. The fourth-order valence-corrected chi connectivity index (χ4v) is 2.52. The van der Waals surface area contributed by atoms with Crippen molar-refractivity contribution in [3.8, 4) is 11.5 Å². The average molecular weight is 327 g/mol. The number of nitrogens with two attached hydrogens (primary N) is 1. The lowest BCUT2D eigenvalue weighted by molar-refractivity contribution is 0.116. The number of unbranched alkanes of at least 4 members (excludes halogenated alkanes) is 2. The number of hydrogen-bond acceptors (Lipinski definition) is 4. The van der Waals surface area contributed by atoms with Gasteiger partial charge in [0.05, 0.1) is 20.9 Å². The van der Waals surface area contributed by atoms with Crippen LogP contribution in [0.2, 0.25) is 0 Å². The van der Waals surface area contributed by atoms with E-state index in [0.717, 1.165) is 36.1 Å². The number of methoxy groups -OCH3 is 2. The molecule has 0 bridgehead atoms. The van der Waals surface area contributed by atoms with E-state index < -0.39 is 6.09 Å². The molecule has 0 heterocycles. The Balaban J connectivity index is 2.89. The molecule has 0 aliphatic heterocycles. The molecule has 130 valence electrons. The number of aryl methyl sites for hydroxylation is 1. The standard InChI is InChI=1S/C17H26FNO4/c1-12(23-17(19)20)9-14-11-15(21-2)13(10-16(14)22-3)7-5-4-6-8-18/h10-12H,4-9H2,1-3H3,(H2,19,20). The van der Waals surface area contributed by atoms with Crippen LogP contribution in [0.5, 0.6) is 11.5 Å². The molecule has 2 N–H and O–H groups in total. The Kier molecular flexibility index (Phi) is 8.22. The zero-order chi connectivity index (χ0) is 17.2. The molecule has 0 aliphatic carbocycles. The van der Waals surface area contributed by atoms with Gasteiger partial charge in [-0.3, -0.25) is 4.39 Å². The van der Waals surface area contributed by atoms with Crippen molar-refractivity contribution < 1.29 is 23.4 Å². The fourth-order valence-electron chi connectivity index (χ4n) is 2.52. The number of benzene rings is 1. The van der Waals surface area contributed by atoms with Gasteiger partial charge in [0, 0.05) is 12.0 Å². The van der Waals surface area contributed by atoms with Crippen LogP contribution in [0.15, 0.2) is 12.1 Å². The van der Waals surface area contributed by atoms with Crippen molar-refractivity contribution in [2.75, 3.05) is 20.9 Å². The lowest BCUT2D eigenvalue weighted by atomic mass is 10.00. The van der Waals surface area contributed by atoms with Crippen molar-refractivity contribution in [1.82, 2.24) is 0 Å². The second-order valence-corrected chi connectivity index (χ2v) is 5.43. The number of ether oxygens (including phenoxy) is 3. The summed E-state index contributed by atoms with van der Waals surface area (Å²) < 4.78 is 28.0. The summed E-state index contributed by atoms with van der Waals surface area (Å²) in [6.07, 6.45) is 2.43. The zero-order valence-corrected chi connectivity index (χ0v) is 14.1. The predicted molar refractivity (Wildman–Crippen MR) is 86.9 cm³/mol. The Labute approximate surface area is 136 Å². The van der Waals surface area contributed by atoms with Crippen LogP contribution in [0, 0.1) is 0 Å². The van der Waals surface area contributed by atoms with Gasteiger partial charge in [-0.1, -0.05) is 6.42 Å². The van der Waals surface area contributed by atoms with Gasteiger partial charge in [0.2, 0.25) is 0 Å². The summed E-state index contributed by atoms with van der Waals surface area (Å²) >= 11 is 0. The summed E-state index contributed by atoms with van der Waals surface area (Å²) in [7, 11) is 3.21. The molecule has 0 radical (unpaired) electrons. The third-order valence-corrected chi connectivity index (χ3v) is 3.59. The number of primary amides is 1. The molecule has 1 aromatic rings. The molecule has 1 atom stereocenters. The minimum Gasteiger partial charge on any atom is -0.496 e. The number of carbonyl (C=O) groups excluding carboxylic acids is 1. The molecule has 0 saturated carbocycles. The van der Waals surface area contributed by atoms with Gasteiger partial charge in [-0.2, -0.15) is 0 Å². The highest BCUT2D eigenvalue weighted by Crippen LogP contribution is 2.31. The monoisotopic (exact) mass is 327 g/mol. The molecular weight excluding hydrogens is 301 g/mol. The van der Waals surface area contributed by atoms with Crippen LogP contribution in [-0.4, -0.2) is 33.1 Å². The summed E-state index contributed by atoms with van der Waals surface area (Å²) in [5, 5.41) is 0. The van der Waals surface area contributed by atoms with Crippen molar-refractivity contribution >= 4 is 6.09 Å². The van der Waals surface area contributed by atoms with Crippen molar-refractivity contribution in [2.45, 2.75) is 45.1 Å². The van der Waals surface area contributed by atoms with Gasteiger partial charge in [0.25, 0.3) is 0 Å². The number of halogens is 1. The average Bonchev–Trinajstić information content (AvgIpc) is 2.51. The largest absolute Gasteiger partial charge is 0.496 e. The van der Waals surface area contributed by atoms with Crippen LogP contribution in [0.25, 0.3) is 0 Å². The summed E-state index contributed by atoms with van der Waals surface area (Å²) in [4.78, 5) is 10.8. The van der Waals surface area contributed by atoms with Crippen LogP contribution >= 0.6 is 0 Å². The van der Waals surface area contributed by atoms with Crippen LogP contribution in [0.1, 0.15) is 37.3 Å². The van der Waals surface area contributed by atoms with Crippen LogP contribution < -0.4 is 15.2 Å². The summed E-state index contributed by atoms with van der Waals surface area (Å²) in [5.41, 5.74) is 6.94. The maximum Gasteiger partial charge on any atom is 0.404 e. The first-order valence-electron chi connectivity index (χ1n) is 7.77. The highest BCUT2D eigenvalue weighted by molar-refractivity contribution is 5.64. The zero-order valence-electron chi connectivity index (χ0n) is 14.1. The molecule has 0 aliphatic rings. The van der Waals surface area contributed by atoms with Crippen molar-refractivity contribution in [2.24, 2.45) is 5.73 Å². The van der Waals surface area contributed by atoms with Gasteiger partial charge in [-0.05, 0) is 43.9 Å². The molecule has 5 nitrogen and oxygen atoms in total. The van der Waals surface area contributed by atoms with Crippen molar-refractivity contribution in [1.29, 1.82) is 0 Å². The summed E-state index contributed by atoms with van der Waals surface area (Å²) in [6, 6.07) is 3.82. The first-order chi connectivity index (χ1) is 11.0. The number of amides is 1. The van der Waals surface area contributed by atoms with Gasteiger partial charge in [-0.15, -0.1) is 0 Å². The molecule has 1 aromatic carbocycles. The minimum absolute atomic E-state index is 0.281. The molecule has 1 amide bonds. The van der Waals surface area contributed by atoms with E-state index in [1.54, 1.807) is 21.1 Å². The second-order valence-electron chi connectivity index (χ2n) is 5.43. The maximum atomic E-state index is 12.2. The van der Waals surface area contributed by atoms with E-state index in [0.29, 0.717) is 18.6 Å². The smallest absolute Gasteiger partial charge is 0.404 e. The predicted octanol–water partition coefficient (Wildman–Crippen LogP) is 3.41. The number of alkyl halides is 1. The normalized spacial score (nSPS) is 11.8. The van der Waals surface area contributed by atoms with E-state index >= 15 is 0 Å². The molecule has 0 spiro atoms. The van der Waals surface area contributed by atoms with Crippen LogP contribution in [-0.2, 0) is 17.6 Å². The Bertz CT molecular complexity index is 508. The van der Waals surface area contributed by atoms with Gasteiger partial charge < -0.3 is 19.9 Å². The third kappa shape index (κ3) is 6.34. The van der Waals surface area contributed by atoms with E-state index in [2.05, 4.69) is 0 Å². The van der Waals surface area contributed by atoms with Crippen molar-refractivity contribution in [3.05, 3.63) is 23.3 Å². The number of hydrogen-bond donors (Lipinski definition) is 1. The highest BCUT2D eigenvalue weighted by atomic mass is 19.1. The Morgan fingerprint density at radius 3 is 2.30 bits per heavy atom. The van der Waals surface area contributed by atoms with Gasteiger partial charge in [0.15, 0.2) is 0 Å². The first-order valence-corrected chi connectivity index (χ1v) is 7.77. The van der Waals surface area contributed by atoms with E-state index in [1.165, 1.54) is 0 Å². The van der Waals surface area contributed by atoms with Crippen molar-refractivity contribution in [3.63, 3.8) is 0 Å². The Morgan fingerprint density at radius 2 is 1.74 bits per heavy atom. The first kappa shape index (κ1) is 19.1. The summed E-state index contributed by atoms with van der Waals surface area (Å²) in [6.45, 7) is 1.48. The maximum absolute atomic E-state index is 12.2. The molecule has 0 fully saturated rings. The van der Waals surface area contributed by atoms with E-state index in [1.807, 2.05) is 12.1 Å². The minimum atomic E-state index is -0.798. The topological polar surface area (TPSA) is 70.8 Å². The Morgan fingerprint density at radius 1 is 1.13 bits per heavy atom. The van der Waals surface area contributed by atoms with Gasteiger partial charge in [-0.25, -0.2) is 4.79 Å². The van der Waals surface area contributed by atoms with Gasteiger partial charge >= 0.3 is 6.09 Å². The molecule has 23 heavy (non-hydrogen) atoms. The number of rotatable bonds is 10. The van der Waals surface area contributed by atoms with E-state index in [9.17, 15) is 9.18 Å². The molecule has 0 saturated heterocycles. The molecule has 6 heteroatoms. The van der Waals surface area contributed by atoms with Crippen LogP contribution in [0.4, 0.5) is 9.18 Å². The molecule has 1 unspecified atom stereocenters. The van der Waals surface area contributed by atoms with E-state index in [-0.39, 0.29) is 12.8 Å². The highest BCUT2D eigenvalue weighted by Gasteiger charge is 2.15. The summed E-state index contributed by atoms with van der Waals surface area (Å²) in [5.74, 6) is 1.47. The Hall–Kier alpha value is -1.98. The SMILES string of the molecule is COc1cc(CC(C)OC(N)=O)c(OC)cc1CCCCCF. The molecule has 1 rings (SSSR count). The van der Waals surface area contributed by atoms with Gasteiger partial charge in [0.1, 0.15) is 17.6 Å². The third-order valence-electron chi connectivity index (χ3n) is 3.59. The number of carbonyl (C=O) groups is 1. The molecular formula is C17H26FNO4. The lowest BCUT2D eigenvalue weighted by Crippen LogP contribution is -2.22. The fraction of sp³-hybridized carbons (Fsp3) is 0.588. The lowest BCUT2D eigenvalue weighted by Gasteiger charge is -2.17. The van der Waals surface area contributed by atoms with E-state index in [4.69, 9.17) is 19.9 Å². The quantitative estimate of drug-likeness (QED) is 0.669. The van der Waals surface area contributed by atoms with Crippen LogP contribution in [0.3, 0.4) is 0 Å².